The number of amides is 1. The van der Waals surface area contributed by atoms with E-state index in [1.165, 1.54) is 23.9 Å². The predicted molar refractivity (Wildman–Crippen MR) is 149 cm³/mol. The number of para-hydroxylation sites is 1. The predicted octanol–water partition coefficient (Wildman–Crippen LogP) is 7.11. The quantitative estimate of drug-likeness (QED) is 0.249. The van der Waals surface area contributed by atoms with Crippen LogP contribution in [-0.2, 0) is 11.3 Å². The van der Waals surface area contributed by atoms with Gasteiger partial charge in [0.25, 0.3) is 5.91 Å². The average Bonchev–Trinajstić information content (AvgIpc) is 3.50. The van der Waals surface area contributed by atoms with Gasteiger partial charge in [-0.15, -0.1) is 0 Å². The van der Waals surface area contributed by atoms with Crippen LogP contribution in [0.15, 0.2) is 99.2 Å². The Morgan fingerprint density at radius 1 is 1.08 bits per heavy atom. The van der Waals surface area contributed by atoms with Crippen molar-refractivity contribution in [3.63, 3.8) is 0 Å². The van der Waals surface area contributed by atoms with Crippen molar-refractivity contribution in [2.75, 3.05) is 7.11 Å². The number of carbonyl (C=O) groups is 2. The number of carboxylic acids is 1. The fraction of sp³-hybridized carbons (Fsp3) is 0.0690. The van der Waals surface area contributed by atoms with E-state index in [2.05, 4.69) is 0 Å². The number of nitrogens with zero attached hydrogens (tertiary/aromatic N) is 2. The van der Waals surface area contributed by atoms with E-state index in [4.69, 9.17) is 25.7 Å². The van der Waals surface area contributed by atoms with Crippen LogP contribution in [0.3, 0.4) is 0 Å². The molecule has 1 aliphatic rings. The van der Waals surface area contributed by atoms with Crippen LogP contribution < -0.4 is 4.74 Å². The second-order valence-electron chi connectivity index (χ2n) is 8.28. The largest absolute Gasteiger partial charge is 0.497 e. The number of carbonyl (C=O) groups excluding carboxylic acids is 1. The zero-order valence-electron chi connectivity index (χ0n) is 20.1. The van der Waals surface area contributed by atoms with E-state index < -0.39 is 5.97 Å². The molecule has 5 rings (SSSR count). The van der Waals surface area contributed by atoms with E-state index in [-0.39, 0.29) is 16.5 Å². The van der Waals surface area contributed by atoms with Gasteiger partial charge < -0.3 is 14.3 Å². The van der Waals surface area contributed by atoms with Crippen LogP contribution in [-0.4, -0.2) is 34.2 Å². The Morgan fingerprint density at radius 2 is 1.84 bits per heavy atom. The van der Waals surface area contributed by atoms with Gasteiger partial charge in [0, 0.05) is 11.6 Å². The molecule has 0 bridgehead atoms. The van der Waals surface area contributed by atoms with Crippen LogP contribution in [0.25, 0.3) is 17.4 Å². The fourth-order valence-corrected chi connectivity index (χ4v) is 4.99. The third kappa shape index (κ3) is 5.51. The van der Waals surface area contributed by atoms with Gasteiger partial charge in [0.2, 0.25) is 0 Å². The Balaban J connectivity index is 1.45. The lowest BCUT2D eigenvalue weighted by molar-refractivity contribution is -0.122. The molecule has 1 fully saturated rings. The summed E-state index contributed by atoms with van der Waals surface area (Å²) in [7, 11) is 1.61. The number of hydrogen-bond acceptors (Lipinski definition) is 6. The molecule has 1 N–H and O–H groups in total. The van der Waals surface area contributed by atoms with Gasteiger partial charge in [-0.1, -0.05) is 41.9 Å². The SMILES string of the molecule is COc1ccc(CN2C(=O)/C(=C/c3ccc(-c4ccc(Cl)c(C(=O)O)c4)o3)SC2=Nc2ccccc2)cc1. The Hall–Kier alpha value is -4.27. The topological polar surface area (TPSA) is 92.3 Å². The average molecular weight is 545 g/mol. The van der Waals surface area contributed by atoms with Crippen LogP contribution in [0, 0.1) is 0 Å². The highest BCUT2D eigenvalue weighted by Gasteiger charge is 2.34. The molecular weight excluding hydrogens is 524 g/mol. The van der Waals surface area contributed by atoms with Gasteiger partial charge in [-0.25, -0.2) is 9.79 Å². The van der Waals surface area contributed by atoms with Gasteiger partial charge in [-0.05, 0) is 71.9 Å². The number of benzene rings is 3. The van der Waals surface area contributed by atoms with Crippen LogP contribution in [0.1, 0.15) is 21.7 Å². The van der Waals surface area contributed by atoms with Gasteiger partial charge in [0.15, 0.2) is 5.17 Å². The van der Waals surface area contributed by atoms with Crippen molar-refractivity contribution in [1.82, 2.24) is 4.90 Å². The molecule has 0 radical (unpaired) electrons. The molecule has 190 valence electrons. The number of furan rings is 1. The normalized spacial score (nSPS) is 15.4. The van der Waals surface area contributed by atoms with Crippen LogP contribution >= 0.6 is 23.4 Å². The molecule has 1 amide bonds. The minimum atomic E-state index is -1.12. The number of hydrogen-bond donors (Lipinski definition) is 1. The number of methoxy groups -OCH3 is 1. The summed E-state index contributed by atoms with van der Waals surface area (Å²) in [4.78, 5) is 31.7. The molecule has 1 aliphatic heterocycles. The molecule has 38 heavy (non-hydrogen) atoms. The molecule has 1 saturated heterocycles. The van der Waals surface area contributed by atoms with Crippen molar-refractivity contribution in [3.8, 4) is 17.1 Å². The Morgan fingerprint density at radius 3 is 2.55 bits per heavy atom. The zero-order valence-corrected chi connectivity index (χ0v) is 21.7. The number of thioether (sulfide) groups is 1. The lowest BCUT2D eigenvalue weighted by atomic mass is 10.1. The van der Waals surface area contributed by atoms with Crippen LogP contribution in [0.2, 0.25) is 5.02 Å². The maximum atomic E-state index is 13.5. The second kappa shape index (κ2) is 11.0. The van der Waals surface area contributed by atoms with Gasteiger partial charge in [0.05, 0.1) is 34.8 Å². The summed E-state index contributed by atoms with van der Waals surface area (Å²) < 4.78 is 11.2. The lowest BCUT2D eigenvalue weighted by Crippen LogP contribution is -2.28. The number of carboxylic acid groups (broad SMARTS) is 1. The number of halogens is 1. The molecule has 4 aromatic rings. The molecule has 0 unspecified atom stereocenters. The fourth-order valence-electron chi connectivity index (χ4n) is 3.81. The lowest BCUT2D eigenvalue weighted by Gasteiger charge is -2.16. The molecule has 0 spiro atoms. The molecule has 9 heteroatoms. The highest BCUT2D eigenvalue weighted by atomic mass is 35.5. The minimum absolute atomic E-state index is 0.0158. The minimum Gasteiger partial charge on any atom is -0.497 e. The van der Waals surface area contributed by atoms with Crippen molar-refractivity contribution >= 4 is 52.2 Å². The molecule has 1 aromatic heterocycles. The van der Waals surface area contributed by atoms with Crippen molar-refractivity contribution in [2.45, 2.75) is 6.54 Å². The van der Waals surface area contributed by atoms with Gasteiger partial charge in [-0.2, -0.15) is 0 Å². The van der Waals surface area contributed by atoms with Gasteiger partial charge in [0.1, 0.15) is 17.3 Å². The summed E-state index contributed by atoms with van der Waals surface area (Å²) in [6.07, 6.45) is 1.67. The molecule has 0 atom stereocenters. The monoisotopic (exact) mass is 544 g/mol. The maximum Gasteiger partial charge on any atom is 0.337 e. The Bertz CT molecular complexity index is 1560. The molecule has 7 nitrogen and oxygen atoms in total. The first-order valence-electron chi connectivity index (χ1n) is 11.5. The first-order chi connectivity index (χ1) is 18.4. The maximum absolute atomic E-state index is 13.5. The third-order valence-electron chi connectivity index (χ3n) is 5.75. The van der Waals surface area contributed by atoms with E-state index in [1.54, 1.807) is 36.3 Å². The van der Waals surface area contributed by atoms with E-state index in [1.807, 2.05) is 54.6 Å². The van der Waals surface area contributed by atoms with Crippen LogP contribution in [0.4, 0.5) is 5.69 Å². The van der Waals surface area contributed by atoms with Crippen molar-refractivity contribution in [3.05, 3.63) is 112 Å². The highest BCUT2D eigenvalue weighted by molar-refractivity contribution is 8.18. The number of rotatable bonds is 7. The van der Waals surface area contributed by atoms with E-state index >= 15 is 0 Å². The molecule has 3 aromatic carbocycles. The molecule has 0 saturated carbocycles. The summed E-state index contributed by atoms with van der Waals surface area (Å²) in [6.45, 7) is 0.338. The van der Waals surface area contributed by atoms with Crippen molar-refractivity contribution in [2.24, 2.45) is 4.99 Å². The third-order valence-corrected chi connectivity index (χ3v) is 7.09. The number of aliphatic imine (C=N–C) groups is 1. The molecule has 0 aliphatic carbocycles. The summed E-state index contributed by atoms with van der Waals surface area (Å²) in [5.41, 5.74) is 2.22. The summed E-state index contributed by atoms with van der Waals surface area (Å²) in [6, 6.07) is 25.1. The van der Waals surface area contributed by atoms with Crippen LogP contribution in [0.5, 0.6) is 5.75 Å². The summed E-state index contributed by atoms with van der Waals surface area (Å²) in [5, 5.41) is 10.1. The number of aromatic carboxylic acids is 1. The van der Waals surface area contributed by atoms with Crippen molar-refractivity contribution in [1.29, 1.82) is 0 Å². The Labute approximate surface area is 228 Å². The highest BCUT2D eigenvalue weighted by Crippen LogP contribution is 2.36. The Kier molecular flexibility index (Phi) is 7.35. The summed E-state index contributed by atoms with van der Waals surface area (Å²) in [5.74, 6) is 0.325. The first-order valence-corrected chi connectivity index (χ1v) is 12.7. The smallest absolute Gasteiger partial charge is 0.337 e. The van der Waals surface area contributed by atoms with E-state index in [9.17, 15) is 14.7 Å². The standard InChI is InChI=1S/C29H21ClN2O5S/c1-36-21-10-7-18(8-11-21)17-32-27(33)26(38-29(32)31-20-5-3-2-4-6-20)16-22-12-14-25(37-22)19-9-13-24(30)23(15-19)28(34)35/h2-16H,17H2,1H3,(H,34,35)/b26-16-,31-29?. The van der Waals surface area contributed by atoms with Gasteiger partial charge >= 0.3 is 5.97 Å². The van der Waals surface area contributed by atoms with E-state index in [0.717, 1.165) is 17.0 Å². The van der Waals surface area contributed by atoms with Crippen molar-refractivity contribution < 1.29 is 23.8 Å². The zero-order chi connectivity index (χ0) is 26.6. The summed E-state index contributed by atoms with van der Waals surface area (Å²) >= 11 is 7.25. The van der Waals surface area contributed by atoms with E-state index in [0.29, 0.717) is 33.7 Å². The number of amidine groups is 1. The van der Waals surface area contributed by atoms with Gasteiger partial charge in [-0.3, -0.25) is 9.69 Å². The first kappa shape index (κ1) is 25.4. The molecular formula is C29H21ClN2O5S. The molecule has 2 heterocycles. The number of ether oxygens (including phenoxy) is 1. The second-order valence-corrected chi connectivity index (χ2v) is 9.70.